The first-order valence-corrected chi connectivity index (χ1v) is 10.7. The maximum Gasteiger partial charge on any atom is 0.311 e. The smallest absolute Gasteiger partial charge is 0.311 e. The molecule has 0 bridgehead atoms. The third-order valence-corrected chi connectivity index (χ3v) is 6.15. The van der Waals surface area contributed by atoms with E-state index >= 15 is 0 Å². The molecule has 7 nitrogen and oxygen atoms in total. The van der Waals surface area contributed by atoms with E-state index in [1.165, 1.54) is 28.0 Å². The van der Waals surface area contributed by atoms with E-state index in [4.69, 9.17) is 17.0 Å². The number of aromatic nitrogens is 1. The van der Waals surface area contributed by atoms with Gasteiger partial charge in [-0.3, -0.25) is 24.6 Å². The summed E-state index contributed by atoms with van der Waals surface area (Å²) in [6.07, 6.45) is 1.81. The van der Waals surface area contributed by atoms with E-state index in [1.54, 1.807) is 49.7 Å². The maximum atomic E-state index is 12.4. The van der Waals surface area contributed by atoms with Gasteiger partial charge >= 0.3 is 5.97 Å². The highest BCUT2D eigenvalue weighted by molar-refractivity contribution is 8.26. The first kappa shape index (κ1) is 21.2. The van der Waals surface area contributed by atoms with Crippen LogP contribution in [0.25, 0.3) is 6.08 Å². The highest BCUT2D eigenvalue weighted by Crippen LogP contribution is 2.31. The SMILES string of the molecule is CCOC(=O)Cc1csc(NC(=O)c2ccc(/C=C3\SC(=S)N(C)C3=O)cc2)n1. The van der Waals surface area contributed by atoms with Gasteiger partial charge in [-0.05, 0) is 30.7 Å². The van der Waals surface area contributed by atoms with Crippen molar-refractivity contribution >= 4 is 68.6 Å². The van der Waals surface area contributed by atoms with Gasteiger partial charge in [0.1, 0.15) is 4.32 Å². The molecule has 0 saturated carbocycles. The molecule has 0 atom stereocenters. The molecule has 10 heteroatoms. The van der Waals surface area contributed by atoms with Crippen LogP contribution in [0, 0.1) is 0 Å². The molecule has 2 aromatic rings. The second kappa shape index (κ2) is 9.29. The van der Waals surface area contributed by atoms with Gasteiger partial charge in [-0.2, -0.15) is 0 Å². The number of thiazole rings is 1. The van der Waals surface area contributed by atoms with Crippen molar-refractivity contribution in [1.82, 2.24) is 9.88 Å². The lowest BCUT2D eigenvalue weighted by Crippen LogP contribution is -2.22. The first-order chi connectivity index (χ1) is 13.9. The highest BCUT2D eigenvalue weighted by atomic mass is 32.2. The van der Waals surface area contributed by atoms with Gasteiger partial charge in [0.05, 0.1) is 23.6 Å². The number of thiocarbonyl (C=S) groups is 1. The fourth-order valence-electron chi connectivity index (χ4n) is 2.40. The minimum atomic E-state index is -0.355. The average molecular weight is 448 g/mol. The Kier molecular flexibility index (Phi) is 6.78. The summed E-state index contributed by atoms with van der Waals surface area (Å²) in [6.45, 7) is 2.06. The molecule has 1 aliphatic heterocycles. The molecule has 150 valence electrons. The molecule has 1 saturated heterocycles. The second-order valence-electron chi connectivity index (χ2n) is 5.94. The average Bonchev–Trinajstić information content (AvgIpc) is 3.22. The predicted molar refractivity (Wildman–Crippen MR) is 118 cm³/mol. The number of carbonyl (C=O) groups is 3. The normalized spacial score (nSPS) is 15.1. The Balaban J connectivity index is 1.62. The number of thioether (sulfide) groups is 1. The van der Waals surface area contributed by atoms with Crippen LogP contribution >= 0.6 is 35.3 Å². The third kappa shape index (κ3) is 5.28. The van der Waals surface area contributed by atoms with Crippen LogP contribution in [-0.2, 0) is 20.7 Å². The molecule has 1 aromatic carbocycles. The summed E-state index contributed by atoms with van der Waals surface area (Å²) in [5.41, 5.74) is 1.79. The summed E-state index contributed by atoms with van der Waals surface area (Å²) in [6, 6.07) is 6.85. The molecule has 1 fully saturated rings. The Morgan fingerprint density at radius 1 is 1.31 bits per heavy atom. The van der Waals surface area contributed by atoms with Crippen molar-refractivity contribution in [2.75, 3.05) is 19.0 Å². The molecular weight excluding hydrogens is 430 g/mol. The zero-order valence-corrected chi connectivity index (χ0v) is 18.1. The zero-order chi connectivity index (χ0) is 21.0. The summed E-state index contributed by atoms with van der Waals surface area (Å²) in [4.78, 5) is 42.2. The lowest BCUT2D eigenvalue weighted by Gasteiger charge is -2.04. The maximum absolute atomic E-state index is 12.4. The molecule has 0 unspecified atom stereocenters. The number of esters is 1. The number of nitrogens with zero attached hydrogens (tertiary/aromatic N) is 2. The number of carbonyl (C=O) groups excluding carboxylic acids is 3. The quantitative estimate of drug-likeness (QED) is 0.413. The van der Waals surface area contributed by atoms with Crippen molar-refractivity contribution in [3.05, 3.63) is 51.4 Å². The van der Waals surface area contributed by atoms with Crippen molar-refractivity contribution in [2.24, 2.45) is 0 Å². The second-order valence-corrected chi connectivity index (χ2v) is 8.48. The molecule has 29 heavy (non-hydrogen) atoms. The van der Waals surface area contributed by atoms with Crippen LogP contribution in [-0.4, -0.2) is 45.6 Å². The number of anilines is 1. The van der Waals surface area contributed by atoms with Crippen molar-refractivity contribution in [2.45, 2.75) is 13.3 Å². The minimum Gasteiger partial charge on any atom is -0.466 e. The minimum absolute atomic E-state index is 0.0684. The topological polar surface area (TPSA) is 88.6 Å². The summed E-state index contributed by atoms with van der Waals surface area (Å²) in [5.74, 6) is -0.802. The first-order valence-electron chi connectivity index (χ1n) is 8.60. The van der Waals surface area contributed by atoms with E-state index in [0.29, 0.717) is 32.2 Å². The monoisotopic (exact) mass is 447 g/mol. The van der Waals surface area contributed by atoms with E-state index in [1.807, 2.05) is 0 Å². The summed E-state index contributed by atoms with van der Waals surface area (Å²) < 4.78 is 5.40. The number of rotatable bonds is 6. The fourth-order valence-corrected chi connectivity index (χ4v) is 4.29. The van der Waals surface area contributed by atoms with Gasteiger partial charge in [0.25, 0.3) is 11.8 Å². The van der Waals surface area contributed by atoms with E-state index < -0.39 is 0 Å². The lowest BCUT2D eigenvalue weighted by molar-refractivity contribution is -0.142. The Morgan fingerprint density at radius 3 is 2.66 bits per heavy atom. The molecule has 3 rings (SSSR count). The molecular formula is C19H17N3O4S3. The highest BCUT2D eigenvalue weighted by Gasteiger charge is 2.28. The number of hydrogen-bond donors (Lipinski definition) is 1. The van der Waals surface area contributed by atoms with Crippen LogP contribution in [0.4, 0.5) is 5.13 Å². The van der Waals surface area contributed by atoms with E-state index in [-0.39, 0.29) is 24.2 Å². The van der Waals surface area contributed by atoms with Gasteiger partial charge in [-0.15, -0.1) is 11.3 Å². The molecule has 0 aliphatic carbocycles. The molecule has 2 heterocycles. The number of nitrogens with one attached hydrogen (secondary N) is 1. The van der Waals surface area contributed by atoms with E-state index in [0.717, 1.165) is 5.56 Å². The molecule has 0 spiro atoms. The van der Waals surface area contributed by atoms with Crippen LogP contribution < -0.4 is 5.32 Å². The Morgan fingerprint density at radius 2 is 2.03 bits per heavy atom. The number of ether oxygens (including phenoxy) is 1. The fraction of sp³-hybridized carbons (Fsp3) is 0.211. The number of benzene rings is 1. The van der Waals surface area contributed by atoms with E-state index in [2.05, 4.69) is 10.3 Å². The number of amides is 2. The zero-order valence-electron chi connectivity index (χ0n) is 15.6. The van der Waals surface area contributed by atoms with Crippen molar-refractivity contribution in [3.8, 4) is 0 Å². The van der Waals surface area contributed by atoms with Gasteiger partial charge in [0.2, 0.25) is 0 Å². The number of hydrogen-bond acceptors (Lipinski definition) is 8. The van der Waals surface area contributed by atoms with Crippen LogP contribution in [0.3, 0.4) is 0 Å². The van der Waals surface area contributed by atoms with Crippen LogP contribution in [0.1, 0.15) is 28.5 Å². The van der Waals surface area contributed by atoms with Crippen LogP contribution in [0.5, 0.6) is 0 Å². The molecule has 1 aliphatic rings. The lowest BCUT2D eigenvalue weighted by atomic mass is 10.1. The largest absolute Gasteiger partial charge is 0.466 e. The summed E-state index contributed by atoms with van der Waals surface area (Å²) in [5, 5.41) is 4.83. The van der Waals surface area contributed by atoms with Gasteiger partial charge in [-0.25, -0.2) is 4.98 Å². The Bertz CT molecular complexity index is 998. The Labute approximate surface area is 181 Å². The standard InChI is InChI=1S/C19H17N3O4S3/c1-3-26-15(23)9-13-10-28-18(20-13)21-16(24)12-6-4-11(5-7-12)8-14-17(25)22(2)19(27)29-14/h4-8,10H,3,9H2,1-2H3,(H,20,21,24)/b14-8-. The third-order valence-electron chi connectivity index (χ3n) is 3.86. The van der Waals surface area contributed by atoms with Crippen molar-refractivity contribution in [1.29, 1.82) is 0 Å². The number of likely N-dealkylation sites (N-methyl/N-ethyl adjacent to an activating group) is 1. The predicted octanol–water partition coefficient (Wildman–Crippen LogP) is 3.33. The van der Waals surface area contributed by atoms with Crippen LogP contribution in [0.15, 0.2) is 34.6 Å². The molecule has 1 N–H and O–H groups in total. The van der Waals surface area contributed by atoms with Gasteiger partial charge < -0.3 is 4.74 Å². The summed E-state index contributed by atoms with van der Waals surface area (Å²) in [7, 11) is 1.64. The van der Waals surface area contributed by atoms with Crippen LogP contribution in [0.2, 0.25) is 0 Å². The van der Waals surface area contributed by atoms with Crippen molar-refractivity contribution < 1.29 is 19.1 Å². The van der Waals surface area contributed by atoms with Gasteiger partial charge in [0, 0.05) is 18.0 Å². The molecule has 0 radical (unpaired) electrons. The van der Waals surface area contributed by atoms with Gasteiger partial charge in [0.15, 0.2) is 5.13 Å². The van der Waals surface area contributed by atoms with Crippen molar-refractivity contribution in [3.63, 3.8) is 0 Å². The summed E-state index contributed by atoms with van der Waals surface area (Å²) >= 11 is 7.60. The molecule has 2 amide bonds. The van der Waals surface area contributed by atoms with E-state index in [9.17, 15) is 14.4 Å². The van der Waals surface area contributed by atoms with Gasteiger partial charge in [-0.1, -0.05) is 36.1 Å². The molecule has 1 aromatic heterocycles. The Hall–Kier alpha value is -2.56.